The number of rotatable bonds is 2. The molecule has 0 aromatic carbocycles. The summed E-state index contributed by atoms with van der Waals surface area (Å²) >= 11 is 0. The van der Waals surface area contributed by atoms with Gasteiger partial charge in [-0.2, -0.15) is 0 Å². The second-order valence-electron chi connectivity index (χ2n) is 5.31. The number of hydrogen-bond donors (Lipinski definition) is 1. The molecule has 2 rings (SSSR count). The Labute approximate surface area is 88.1 Å². The second kappa shape index (κ2) is 4.19. The summed E-state index contributed by atoms with van der Waals surface area (Å²) in [5, 5.41) is 3.56. The van der Waals surface area contributed by atoms with Gasteiger partial charge in [0.1, 0.15) is 0 Å². The van der Waals surface area contributed by atoms with Crippen LogP contribution < -0.4 is 5.32 Å². The Morgan fingerprint density at radius 1 is 1.07 bits per heavy atom. The Hall–Kier alpha value is -0.0800. The number of nitrogens with zero attached hydrogens (tertiary/aromatic N) is 1. The lowest BCUT2D eigenvalue weighted by atomic mass is 10.0. The maximum atomic E-state index is 3.56. The maximum absolute atomic E-state index is 3.56. The van der Waals surface area contributed by atoms with E-state index in [-0.39, 0.29) is 0 Å². The first-order valence-electron chi connectivity index (χ1n) is 6.18. The molecule has 14 heavy (non-hydrogen) atoms. The van der Waals surface area contributed by atoms with Crippen molar-refractivity contribution < 1.29 is 0 Å². The zero-order valence-corrected chi connectivity index (χ0v) is 9.79. The van der Waals surface area contributed by atoms with E-state index in [4.69, 9.17) is 0 Å². The van der Waals surface area contributed by atoms with Crippen molar-refractivity contribution in [1.82, 2.24) is 10.2 Å². The molecule has 0 radical (unpaired) electrons. The summed E-state index contributed by atoms with van der Waals surface area (Å²) in [6.07, 6.45) is 4.20. The van der Waals surface area contributed by atoms with E-state index in [0.29, 0.717) is 0 Å². The van der Waals surface area contributed by atoms with E-state index in [2.05, 4.69) is 31.0 Å². The molecule has 0 aliphatic carbocycles. The van der Waals surface area contributed by atoms with Crippen molar-refractivity contribution in [2.45, 2.75) is 58.2 Å². The van der Waals surface area contributed by atoms with E-state index in [1.807, 2.05) is 0 Å². The molecule has 1 N–H and O–H groups in total. The van der Waals surface area contributed by atoms with Crippen molar-refractivity contribution in [3.05, 3.63) is 0 Å². The molecule has 3 atom stereocenters. The minimum Gasteiger partial charge on any atom is -0.315 e. The highest BCUT2D eigenvalue weighted by Crippen LogP contribution is 2.31. The predicted octanol–water partition coefficient (Wildman–Crippen LogP) is 1.86. The van der Waals surface area contributed by atoms with Crippen LogP contribution in [0.25, 0.3) is 0 Å². The maximum Gasteiger partial charge on any atom is 0.0227 e. The van der Waals surface area contributed by atoms with Gasteiger partial charge in [-0.15, -0.1) is 0 Å². The number of hydrogen-bond acceptors (Lipinski definition) is 2. The van der Waals surface area contributed by atoms with Crippen LogP contribution in [0.5, 0.6) is 0 Å². The van der Waals surface area contributed by atoms with Gasteiger partial charge in [-0.05, 0) is 38.6 Å². The van der Waals surface area contributed by atoms with Gasteiger partial charge in [0.2, 0.25) is 0 Å². The molecule has 0 aromatic rings. The number of nitrogens with one attached hydrogen (secondary N) is 1. The molecule has 0 amide bonds. The van der Waals surface area contributed by atoms with Crippen LogP contribution in [0.4, 0.5) is 0 Å². The summed E-state index contributed by atoms with van der Waals surface area (Å²) in [4.78, 5) is 2.80. The average Bonchev–Trinajstić information content (AvgIpc) is 2.38. The fourth-order valence-corrected chi connectivity index (χ4v) is 3.03. The molecule has 2 fully saturated rings. The topological polar surface area (TPSA) is 15.3 Å². The van der Waals surface area contributed by atoms with Crippen LogP contribution in [0, 0.1) is 5.92 Å². The van der Waals surface area contributed by atoms with E-state index in [9.17, 15) is 0 Å². The molecule has 0 spiro atoms. The minimum atomic E-state index is 0.757. The first kappa shape index (κ1) is 10.4. The number of fused-ring (bicyclic) bond motifs is 2. The van der Waals surface area contributed by atoms with Crippen molar-refractivity contribution >= 4 is 0 Å². The second-order valence-corrected chi connectivity index (χ2v) is 5.31. The van der Waals surface area contributed by atoms with Gasteiger partial charge >= 0.3 is 0 Å². The summed E-state index contributed by atoms with van der Waals surface area (Å²) in [6, 6.07) is 2.44. The fraction of sp³-hybridized carbons (Fsp3) is 1.00. The van der Waals surface area contributed by atoms with Crippen LogP contribution in [0.3, 0.4) is 0 Å². The third kappa shape index (κ3) is 1.82. The third-order valence-corrected chi connectivity index (χ3v) is 4.15. The van der Waals surface area contributed by atoms with Gasteiger partial charge in [0.25, 0.3) is 0 Å². The van der Waals surface area contributed by atoms with E-state index in [0.717, 1.165) is 24.0 Å². The first-order chi connectivity index (χ1) is 6.70. The summed E-state index contributed by atoms with van der Waals surface area (Å²) in [6.45, 7) is 9.54. The standard InChI is InChI=1S/C12H24N2/c1-9(2)10(3)14-11-4-5-12(14)8-13-7-6-11/h9-13H,4-8H2,1-3H3. The molecule has 0 saturated carbocycles. The van der Waals surface area contributed by atoms with Gasteiger partial charge in [-0.25, -0.2) is 0 Å². The van der Waals surface area contributed by atoms with E-state index >= 15 is 0 Å². The van der Waals surface area contributed by atoms with E-state index < -0.39 is 0 Å². The highest BCUT2D eigenvalue weighted by molar-refractivity contribution is 4.94. The molecule has 0 aromatic heterocycles. The minimum absolute atomic E-state index is 0.757. The molecule has 3 unspecified atom stereocenters. The smallest absolute Gasteiger partial charge is 0.0227 e. The van der Waals surface area contributed by atoms with Crippen LogP contribution in [-0.2, 0) is 0 Å². The molecule has 2 bridgehead atoms. The van der Waals surface area contributed by atoms with Gasteiger partial charge in [0.05, 0.1) is 0 Å². The van der Waals surface area contributed by atoms with Crippen molar-refractivity contribution in [3.8, 4) is 0 Å². The molecule has 2 aliphatic rings. The lowest BCUT2D eigenvalue weighted by Gasteiger charge is -2.36. The molecule has 82 valence electrons. The highest BCUT2D eigenvalue weighted by Gasteiger charge is 2.38. The van der Waals surface area contributed by atoms with Gasteiger partial charge < -0.3 is 5.32 Å². The molecular formula is C12H24N2. The molecule has 2 heteroatoms. The Morgan fingerprint density at radius 2 is 1.79 bits per heavy atom. The normalized spacial score (nSPS) is 36.0. The Kier molecular flexibility index (Phi) is 3.13. The average molecular weight is 196 g/mol. The van der Waals surface area contributed by atoms with E-state index in [1.54, 1.807) is 0 Å². The molecule has 2 aliphatic heterocycles. The van der Waals surface area contributed by atoms with Crippen LogP contribution in [-0.4, -0.2) is 36.1 Å². The SMILES string of the molecule is CC(C)C(C)N1C2CCNCC1CC2. The Bertz CT molecular complexity index is 174. The van der Waals surface area contributed by atoms with Crippen LogP contribution in [0.15, 0.2) is 0 Å². The summed E-state index contributed by atoms with van der Waals surface area (Å²) < 4.78 is 0. The van der Waals surface area contributed by atoms with Gasteiger partial charge in [-0.1, -0.05) is 13.8 Å². The zero-order chi connectivity index (χ0) is 10.1. The van der Waals surface area contributed by atoms with Crippen LogP contribution in [0.1, 0.15) is 40.0 Å². The molecule has 2 heterocycles. The van der Waals surface area contributed by atoms with Crippen molar-refractivity contribution in [3.63, 3.8) is 0 Å². The van der Waals surface area contributed by atoms with Crippen LogP contribution in [0.2, 0.25) is 0 Å². The van der Waals surface area contributed by atoms with E-state index in [1.165, 1.54) is 32.4 Å². The largest absolute Gasteiger partial charge is 0.315 e. The van der Waals surface area contributed by atoms with Crippen molar-refractivity contribution in [2.75, 3.05) is 13.1 Å². The van der Waals surface area contributed by atoms with Gasteiger partial charge in [0.15, 0.2) is 0 Å². The summed E-state index contributed by atoms with van der Waals surface area (Å²) in [5.41, 5.74) is 0. The quantitative estimate of drug-likeness (QED) is 0.725. The molecular weight excluding hydrogens is 172 g/mol. The van der Waals surface area contributed by atoms with Crippen molar-refractivity contribution in [1.29, 1.82) is 0 Å². The molecule has 2 saturated heterocycles. The van der Waals surface area contributed by atoms with Gasteiger partial charge in [0, 0.05) is 24.7 Å². The fourth-order valence-electron chi connectivity index (χ4n) is 3.03. The summed E-state index contributed by atoms with van der Waals surface area (Å²) in [5.74, 6) is 0.788. The van der Waals surface area contributed by atoms with Crippen molar-refractivity contribution in [2.24, 2.45) is 5.92 Å². The van der Waals surface area contributed by atoms with Gasteiger partial charge in [-0.3, -0.25) is 4.90 Å². The monoisotopic (exact) mass is 196 g/mol. The highest BCUT2D eigenvalue weighted by atomic mass is 15.3. The lowest BCUT2D eigenvalue weighted by molar-refractivity contribution is 0.115. The Balaban J connectivity index is 2.08. The lowest BCUT2D eigenvalue weighted by Crippen LogP contribution is -2.46. The summed E-state index contributed by atoms with van der Waals surface area (Å²) in [7, 11) is 0. The Morgan fingerprint density at radius 3 is 2.50 bits per heavy atom. The molecule has 2 nitrogen and oxygen atoms in total. The predicted molar refractivity (Wildman–Crippen MR) is 60.4 cm³/mol. The zero-order valence-electron chi connectivity index (χ0n) is 9.79. The first-order valence-corrected chi connectivity index (χ1v) is 6.18. The third-order valence-electron chi connectivity index (χ3n) is 4.15. The van der Waals surface area contributed by atoms with Crippen LogP contribution >= 0.6 is 0 Å².